The Morgan fingerprint density at radius 1 is 1.32 bits per heavy atom. The van der Waals surface area contributed by atoms with Crippen LogP contribution in [0.25, 0.3) is 5.57 Å². The zero-order chi connectivity index (χ0) is 13.7. The highest BCUT2D eigenvalue weighted by atomic mass is 16.1. The van der Waals surface area contributed by atoms with Gasteiger partial charge in [0, 0.05) is 17.2 Å². The second-order valence-corrected chi connectivity index (χ2v) is 4.14. The van der Waals surface area contributed by atoms with Crippen molar-refractivity contribution >= 4 is 17.6 Å². The molecular formula is C16H13NO2. The summed E-state index contributed by atoms with van der Waals surface area (Å²) < 4.78 is 0. The van der Waals surface area contributed by atoms with Gasteiger partial charge in [-0.3, -0.25) is 9.59 Å². The van der Waals surface area contributed by atoms with Crippen LogP contribution in [0.15, 0.2) is 42.0 Å². The number of rotatable bonds is 3. The molecule has 3 heteroatoms. The van der Waals surface area contributed by atoms with E-state index in [1.165, 1.54) is 0 Å². The van der Waals surface area contributed by atoms with E-state index in [0.29, 0.717) is 17.6 Å². The maximum absolute atomic E-state index is 11.9. The highest BCUT2D eigenvalue weighted by Crippen LogP contribution is 2.28. The fourth-order valence-electron chi connectivity index (χ4n) is 2.12. The Morgan fingerprint density at radius 3 is 2.84 bits per heavy atom. The highest BCUT2D eigenvalue weighted by Gasteiger charge is 2.15. The van der Waals surface area contributed by atoms with E-state index < -0.39 is 0 Å². The van der Waals surface area contributed by atoms with Crippen molar-refractivity contribution in [2.24, 2.45) is 5.73 Å². The van der Waals surface area contributed by atoms with Crippen molar-refractivity contribution in [2.45, 2.75) is 12.8 Å². The van der Waals surface area contributed by atoms with E-state index in [2.05, 4.69) is 12.0 Å². The Hall–Kier alpha value is -2.60. The summed E-state index contributed by atoms with van der Waals surface area (Å²) in [4.78, 5) is 23.0. The highest BCUT2D eigenvalue weighted by molar-refractivity contribution is 6.13. The third-order valence-corrected chi connectivity index (χ3v) is 3.00. The topological polar surface area (TPSA) is 60.2 Å². The molecule has 0 aliphatic heterocycles. The number of carbonyl (C=O) groups excluding carboxylic acids is 2. The number of Topliss-reactive ketones (excluding diaryl/α,β-unsaturated/α-hetero) is 1. The minimum Gasteiger partial charge on any atom is -0.359 e. The minimum absolute atomic E-state index is 0.338. The first-order valence-electron chi connectivity index (χ1n) is 5.98. The lowest BCUT2D eigenvalue weighted by Crippen LogP contribution is -2.04. The van der Waals surface area contributed by atoms with Crippen LogP contribution in [-0.2, 0) is 4.79 Å². The number of nitrogens with two attached hydrogens (primary N) is 1. The molecular weight excluding hydrogens is 238 g/mol. The lowest BCUT2D eigenvalue weighted by molar-refractivity contribution is -0.105. The average molecular weight is 251 g/mol. The van der Waals surface area contributed by atoms with Crippen LogP contribution in [0.5, 0.6) is 0 Å². The molecule has 0 fully saturated rings. The molecule has 0 unspecified atom stereocenters. The van der Waals surface area contributed by atoms with Crippen molar-refractivity contribution in [1.82, 2.24) is 0 Å². The van der Waals surface area contributed by atoms with Crippen LogP contribution in [0.1, 0.15) is 28.8 Å². The SMILES string of the molecule is NC#CC(=O)c1ccccc1C1=C(C=O)CCC=C1. The van der Waals surface area contributed by atoms with Crippen molar-refractivity contribution in [3.63, 3.8) is 0 Å². The van der Waals surface area contributed by atoms with Crippen LogP contribution in [-0.4, -0.2) is 12.1 Å². The summed E-state index contributed by atoms with van der Waals surface area (Å²) in [5.74, 6) is 1.99. The summed E-state index contributed by atoms with van der Waals surface area (Å²) >= 11 is 0. The molecule has 0 saturated carbocycles. The lowest BCUT2D eigenvalue weighted by Gasteiger charge is -2.14. The zero-order valence-electron chi connectivity index (χ0n) is 10.3. The molecule has 0 saturated heterocycles. The predicted octanol–water partition coefficient (Wildman–Crippen LogP) is 2.09. The van der Waals surface area contributed by atoms with Gasteiger partial charge < -0.3 is 5.73 Å². The number of ketones is 1. The molecule has 0 heterocycles. The first kappa shape index (κ1) is 12.8. The van der Waals surface area contributed by atoms with Gasteiger partial charge in [-0.05, 0) is 36.0 Å². The molecule has 2 rings (SSSR count). The molecule has 1 aliphatic carbocycles. The predicted molar refractivity (Wildman–Crippen MR) is 74.1 cm³/mol. The van der Waals surface area contributed by atoms with Gasteiger partial charge in [0.15, 0.2) is 0 Å². The molecule has 1 aromatic rings. The van der Waals surface area contributed by atoms with Gasteiger partial charge in [-0.1, -0.05) is 30.4 Å². The van der Waals surface area contributed by atoms with Crippen LogP contribution < -0.4 is 5.73 Å². The molecule has 0 radical (unpaired) electrons. The Bertz CT molecular complexity index is 642. The van der Waals surface area contributed by atoms with Crippen molar-refractivity contribution < 1.29 is 9.59 Å². The van der Waals surface area contributed by atoms with Gasteiger partial charge in [-0.2, -0.15) is 0 Å². The molecule has 0 amide bonds. The minimum atomic E-state index is -0.338. The summed E-state index contributed by atoms with van der Waals surface area (Å²) in [5, 5.41) is 0. The number of aldehydes is 1. The first-order valence-corrected chi connectivity index (χ1v) is 5.98. The quantitative estimate of drug-likeness (QED) is 0.387. The standard InChI is InChI=1S/C16H13NO2/c17-10-9-16(19)15-8-4-3-7-14(15)13-6-2-1-5-12(13)11-18/h2-4,6-8,11H,1,5,17H2. The molecule has 0 spiro atoms. The second kappa shape index (κ2) is 5.83. The Balaban J connectivity index is 2.59. The normalized spacial score (nSPS) is 13.7. The fourth-order valence-corrected chi connectivity index (χ4v) is 2.12. The summed E-state index contributed by atoms with van der Waals surface area (Å²) in [6.45, 7) is 0. The maximum atomic E-state index is 11.9. The Kier molecular flexibility index (Phi) is 3.94. The molecule has 2 N–H and O–H groups in total. The molecule has 0 atom stereocenters. The van der Waals surface area contributed by atoms with E-state index in [1.54, 1.807) is 12.1 Å². The lowest BCUT2D eigenvalue weighted by atomic mass is 9.89. The molecule has 1 aliphatic rings. The van der Waals surface area contributed by atoms with Gasteiger partial charge in [-0.25, -0.2) is 0 Å². The van der Waals surface area contributed by atoms with Crippen molar-refractivity contribution in [3.05, 3.63) is 53.1 Å². The van der Waals surface area contributed by atoms with E-state index in [4.69, 9.17) is 5.73 Å². The Morgan fingerprint density at radius 2 is 2.11 bits per heavy atom. The van der Waals surface area contributed by atoms with Crippen molar-refractivity contribution in [3.8, 4) is 12.0 Å². The average Bonchev–Trinajstić information content (AvgIpc) is 2.47. The number of hydrogen-bond donors (Lipinski definition) is 1. The summed E-state index contributed by atoms with van der Waals surface area (Å²) in [5.41, 5.74) is 7.79. The van der Waals surface area contributed by atoms with Crippen LogP contribution in [0, 0.1) is 12.0 Å². The summed E-state index contributed by atoms with van der Waals surface area (Å²) in [7, 11) is 0. The number of hydrogen-bond acceptors (Lipinski definition) is 3. The molecule has 1 aromatic carbocycles. The van der Waals surface area contributed by atoms with Gasteiger partial charge in [0.05, 0.1) is 0 Å². The van der Waals surface area contributed by atoms with Gasteiger partial charge in [0.25, 0.3) is 0 Å². The smallest absolute Gasteiger partial charge is 0.238 e. The van der Waals surface area contributed by atoms with E-state index in [0.717, 1.165) is 23.8 Å². The van der Waals surface area contributed by atoms with E-state index >= 15 is 0 Å². The largest absolute Gasteiger partial charge is 0.359 e. The van der Waals surface area contributed by atoms with E-state index in [-0.39, 0.29) is 5.78 Å². The van der Waals surface area contributed by atoms with Crippen molar-refractivity contribution in [2.75, 3.05) is 0 Å². The van der Waals surface area contributed by atoms with E-state index in [9.17, 15) is 9.59 Å². The third-order valence-electron chi connectivity index (χ3n) is 3.00. The maximum Gasteiger partial charge on any atom is 0.238 e. The van der Waals surface area contributed by atoms with Gasteiger partial charge >= 0.3 is 0 Å². The number of benzene rings is 1. The summed E-state index contributed by atoms with van der Waals surface area (Å²) in [6, 6.07) is 9.23. The molecule has 94 valence electrons. The van der Waals surface area contributed by atoms with Gasteiger partial charge in [0.2, 0.25) is 5.78 Å². The van der Waals surface area contributed by atoms with E-state index in [1.807, 2.05) is 24.3 Å². The van der Waals surface area contributed by atoms with Crippen LogP contribution in [0.4, 0.5) is 0 Å². The number of allylic oxidation sites excluding steroid dienone is 4. The fraction of sp³-hybridized carbons (Fsp3) is 0.125. The van der Waals surface area contributed by atoms with Crippen LogP contribution in [0.2, 0.25) is 0 Å². The van der Waals surface area contributed by atoms with Crippen LogP contribution in [0.3, 0.4) is 0 Å². The molecule has 0 bridgehead atoms. The monoisotopic (exact) mass is 251 g/mol. The molecule has 3 nitrogen and oxygen atoms in total. The van der Waals surface area contributed by atoms with Crippen LogP contribution >= 0.6 is 0 Å². The summed E-state index contributed by atoms with van der Waals surface area (Å²) in [6.07, 6.45) is 6.28. The van der Waals surface area contributed by atoms with Crippen molar-refractivity contribution in [1.29, 1.82) is 0 Å². The zero-order valence-corrected chi connectivity index (χ0v) is 10.3. The Labute approximate surface area is 111 Å². The number of carbonyl (C=O) groups is 2. The third kappa shape index (κ3) is 2.63. The molecule has 19 heavy (non-hydrogen) atoms. The van der Waals surface area contributed by atoms with Gasteiger partial charge in [0.1, 0.15) is 6.29 Å². The van der Waals surface area contributed by atoms with Gasteiger partial charge in [-0.15, -0.1) is 0 Å². The first-order chi connectivity index (χ1) is 9.27. The second-order valence-electron chi connectivity index (χ2n) is 4.14. The molecule has 0 aromatic heterocycles.